The van der Waals surface area contributed by atoms with Crippen molar-refractivity contribution in [1.29, 1.82) is 0 Å². The van der Waals surface area contributed by atoms with Crippen LogP contribution < -0.4 is 10.6 Å². The Balaban J connectivity index is 1.55. The van der Waals surface area contributed by atoms with E-state index in [9.17, 15) is 9.90 Å². The SMILES string of the molecule is Cc1csc([C@@H](NC(=O)NCC2(CO)CC2)C2CC2)n1. The summed E-state index contributed by atoms with van der Waals surface area (Å²) in [7, 11) is 0. The number of aromatic nitrogens is 1. The number of hydrogen-bond acceptors (Lipinski definition) is 4. The predicted molar refractivity (Wildman–Crippen MR) is 77.6 cm³/mol. The van der Waals surface area contributed by atoms with Crippen LogP contribution in [-0.4, -0.2) is 29.3 Å². The molecule has 5 nitrogen and oxygen atoms in total. The van der Waals surface area contributed by atoms with Crippen molar-refractivity contribution in [2.75, 3.05) is 13.2 Å². The number of nitrogens with zero attached hydrogens (tertiary/aromatic N) is 1. The van der Waals surface area contributed by atoms with Crippen LogP contribution in [0.25, 0.3) is 0 Å². The molecule has 2 saturated carbocycles. The first kappa shape index (κ1) is 13.8. The Labute approximate surface area is 122 Å². The molecule has 0 bridgehead atoms. The molecule has 3 N–H and O–H groups in total. The molecule has 2 fully saturated rings. The van der Waals surface area contributed by atoms with Gasteiger partial charge in [0.15, 0.2) is 0 Å². The summed E-state index contributed by atoms with van der Waals surface area (Å²) < 4.78 is 0. The Morgan fingerprint density at radius 1 is 1.60 bits per heavy atom. The largest absolute Gasteiger partial charge is 0.396 e. The molecule has 2 amide bonds. The van der Waals surface area contributed by atoms with Crippen molar-refractivity contribution in [2.45, 2.75) is 38.6 Å². The lowest BCUT2D eigenvalue weighted by Crippen LogP contribution is -2.41. The molecule has 1 aromatic rings. The smallest absolute Gasteiger partial charge is 0.315 e. The Kier molecular flexibility index (Phi) is 3.69. The molecule has 20 heavy (non-hydrogen) atoms. The maximum absolute atomic E-state index is 12.0. The summed E-state index contributed by atoms with van der Waals surface area (Å²) in [6.45, 7) is 2.69. The molecule has 110 valence electrons. The lowest BCUT2D eigenvalue weighted by Gasteiger charge is -2.18. The van der Waals surface area contributed by atoms with Crippen LogP contribution in [0.15, 0.2) is 5.38 Å². The van der Waals surface area contributed by atoms with Gasteiger partial charge in [0.05, 0.1) is 12.6 Å². The maximum Gasteiger partial charge on any atom is 0.315 e. The van der Waals surface area contributed by atoms with Gasteiger partial charge in [-0.05, 0) is 38.5 Å². The standard InChI is InChI=1S/C14H21N3O2S/c1-9-6-20-12(16-9)11(10-2-3-10)17-13(19)15-7-14(8-18)4-5-14/h6,10-11,18H,2-5,7-8H2,1H3,(H2,15,17,19)/t11-/m0/s1. The highest BCUT2D eigenvalue weighted by molar-refractivity contribution is 7.09. The molecule has 3 rings (SSSR count). The second kappa shape index (κ2) is 5.33. The van der Waals surface area contributed by atoms with Gasteiger partial charge in [-0.3, -0.25) is 0 Å². The average Bonchev–Trinajstić information content (AvgIpc) is 3.34. The van der Waals surface area contributed by atoms with Crippen LogP contribution in [0.1, 0.15) is 42.4 Å². The Hall–Kier alpha value is -1.14. The van der Waals surface area contributed by atoms with E-state index in [0.29, 0.717) is 12.5 Å². The number of thiazole rings is 1. The highest BCUT2D eigenvalue weighted by Gasteiger charge is 2.42. The highest BCUT2D eigenvalue weighted by Crippen LogP contribution is 2.44. The summed E-state index contributed by atoms with van der Waals surface area (Å²) in [5, 5.41) is 18.2. The zero-order valence-corrected chi connectivity index (χ0v) is 12.5. The lowest BCUT2D eigenvalue weighted by molar-refractivity contribution is 0.201. The van der Waals surface area contributed by atoms with Crippen molar-refractivity contribution in [3.63, 3.8) is 0 Å². The summed E-state index contributed by atoms with van der Waals surface area (Å²) in [4.78, 5) is 16.5. The van der Waals surface area contributed by atoms with Gasteiger partial charge in [-0.2, -0.15) is 0 Å². The number of carbonyl (C=O) groups excluding carboxylic acids is 1. The summed E-state index contributed by atoms with van der Waals surface area (Å²) in [5.41, 5.74) is 0.958. The fourth-order valence-electron chi connectivity index (χ4n) is 2.35. The van der Waals surface area contributed by atoms with Crippen molar-refractivity contribution in [3.8, 4) is 0 Å². The monoisotopic (exact) mass is 295 g/mol. The van der Waals surface area contributed by atoms with E-state index in [0.717, 1.165) is 36.4 Å². The topological polar surface area (TPSA) is 74.2 Å². The van der Waals surface area contributed by atoms with Gasteiger partial charge >= 0.3 is 6.03 Å². The number of aliphatic hydroxyl groups is 1. The lowest BCUT2D eigenvalue weighted by atomic mass is 10.1. The fraction of sp³-hybridized carbons (Fsp3) is 0.714. The van der Waals surface area contributed by atoms with Gasteiger partial charge in [0, 0.05) is 23.0 Å². The van der Waals surface area contributed by atoms with E-state index in [-0.39, 0.29) is 24.1 Å². The van der Waals surface area contributed by atoms with E-state index >= 15 is 0 Å². The molecule has 2 aliphatic carbocycles. The molecule has 1 heterocycles. The van der Waals surface area contributed by atoms with Gasteiger partial charge in [0.1, 0.15) is 5.01 Å². The fourth-order valence-corrected chi connectivity index (χ4v) is 3.29. The maximum atomic E-state index is 12.0. The zero-order chi connectivity index (χ0) is 14.2. The van der Waals surface area contributed by atoms with Crippen LogP contribution in [0.2, 0.25) is 0 Å². The van der Waals surface area contributed by atoms with E-state index in [2.05, 4.69) is 15.6 Å². The number of urea groups is 1. The Morgan fingerprint density at radius 3 is 2.85 bits per heavy atom. The van der Waals surface area contributed by atoms with Crippen molar-refractivity contribution in [1.82, 2.24) is 15.6 Å². The molecule has 6 heteroatoms. The Morgan fingerprint density at radius 2 is 2.35 bits per heavy atom. The van der Waals surface area contributed by atoms with E-state index in [4.69, 9.17) is 0 Å². The van der Waals surface area contributed by atoms with Gasteiger partial charge in [0.25, 0.3) is 0 Å². The van der Waals surface area contributed by atoms with E-state index in [1.807, 2.05) is 12.3 Å². The number of aliphatic hydroxyl groups excluding tert-OH is 1. The zero-order valence-electron chi connectivity index (χ0n) is 11.7. The third-order valence-corrected chi connectivity index (χ3v) is 5.24. The number of carbonyl (C=O) groups is 1. The van der Waals surface area contributed by atoms with Crippen molar-refractivity contribution in [2.24, 2.45) is 11.3 Å². The molecule has 0 spiro atoms. The number of nitrogens with one attached hydrogen (secondary N) is 2. The molecule has 0 saturated heterocycles. The normalized spacial score (nSPS) is 21.3. The second-order valence-electron chi connectivity index (χ2n) is 6.13. The van der Waals surface area contributed by atoms with Crippen LogP contribution in [0, 0.1) is 18.3 Å². The third-order valence-electron chi connectivity index (χ3n) is 4.20. The molecule has 1 aromatic heterocycles. The summed E-state index contributed by atoms with van der Waals surface area (Å²) in [6.07, 6.45) is 4.32. The minimum Gasteiger partial charge on any atom is -0.396 e. The molecule has 0 unspecified atom stereocenters. The quantitative estimate of drug-likeness (QED) is 0.751. The number of hydrogen-bond donors (Lipinski definition) is 3. The van der Waals surface area contributed by atoms with E-state index < -0.39 is 0 Å². The molecule has 1 atom stereocenters. The molecule has 2 aliphatic rings. The van der Waals surface area contributed by atoms with E-state index in [1.165, 1.54) is 0 Å². The molecular formula is C14H21N3O2S. The predicted octanol–water partition coefficient (Wildman–Crippen LogP) is 1.97. The minimum absolute atomic E-state index is 0.0398. The number of amides is 2. The second-order valence-corrected chi connectivity index (χ2v) is 7.02. The van der Waals surface area contributed by atoms with Crippen LogP contribution in [-0.2, 0) is 0 Å². The van der Waals surface area contributed by atoms with Crippen LogP contribution >= 0.6 is 11.3 Å². The van der Waals surface area contributed by atoms with Crippen LogP contribution in [0.5, 0.6) is 0 Å². The van der Waals surface area contributed by atoms with Gasteiger partial charge in [-0.15, -0.1) is 11.3 Å². The van der Waals surface area contributed by atoms with Crippen molar-refractivity contribution < 1.29 is 9.90 Å². The van der Waals surface area contributed by atoms with E-state index in [1.54, 1.807) is 11.3 Å². The van der Waals surface area contributed by atoms with Crippen LogP contribution in [0.4, 0.5) is 4.79 Å². The number of rotatable bonds is 6. The first-order valence-corrected chi connectivity index (χ1v) is 8.07. The minimum atomic E-state index is -0.144. The van der Waals surface area contributed by atoms with Gasteiger partial charge < -0.3 is 15.7 Å². The average molecular weight is 295 g/mol. The van der Waals surface area contributed by atoms with Crippen molar-refractivity contribution in [3.05, 3.63) is 16.1 Å². The highest BCUT2D eigenvalue weighted by atomic mass is 32.1. The summed E-state index contributed by atoms with van der Waals surface area (Å²) >= 11 is 1.61. The van der Waals surface area contributed by atoms with Crippen molar-refractivity contribution >= 4 is 17.4 Å². The molecular weight excluding hydrogens is 274 g/mol. The third kappa shape index (κ3) is 3.12. The summed E-state index contributed by atoms with van der Waals surface area (Å²) in [6, 6.07) is -0.104. The first-order chi connectivity index (χ1) is 9.62. The summed E-state index contributed by atoms with van der Waals surface area (Å²) in [5.74, 6) is 0.527. The Bertz CT molecular complexity index is 494. The molecule has 0 radical (unpaired) electrons. The van der Waals surface area contributed by atoms with Crippen LogP contribution in [0.3, 0.4) is 0 Å². The van der Waals surface area contributed by atoms with Gasteiger partial charge in [0.2, 0.25) is 0 Å². The molecule has 0 aromatic carbocycles. The molecule has 0 aliphatic heterocycles. The first-order valence-electron chi connectivity index (χ1n) is 7.19. The van der Waals surface area contributed by atoms with Gasteiger partial charge in [-0.25, -0.2) is 9.78 Å². The number of aryl methyl sites for hydroxylation is 1. The van der Waals surface area contributed by atoms with Gasteiger partial charge in [-0.1, -0.05) is 0 Å².